The molecule has 0 fully saturated rings. The number of aromatic nitrogens is 1. The number of halogens is 2. The van der Waals surface area contributed by atoms with Crippen LogP contribution in [-0.2, 0) is 10.0 Å². The second-order valence-electron chi connectivity index (χ2n) is 7.29. The molecule has 176 valence electrons. The molecule has 0 radical (unpaired) electrons. The van der Waals surface area contributed by atoms with E-state index in [2.05, 4.69) is 9.71 Å². The Labute approximate surface area is 201 Å². The van der Waals surface area contributed by atoms with Crippen molar-refractivity contribution in [3.8, 4) is 23.0 Å². The standard InChI is InChI=1S/C24H20ClFN2O5S/c1-14-4-6-16(11-18(14)25)34(29,30)28-20-7-5-15(10-19(20)26)33-22-8-9-27-21-13-24(32-3)23(31-2)12-17(21)22/h4-13,28H,1-3H3. The summed E-state index contributed by atoms with van der Waals surface area (Å²) in [4.78, 5) is 4.23. The highest BCUT2D eigenvalue weighted by molar-refractivity contribution is 7.92. The fourth-order valence-electron chi connectivity index (χ4n) is 3.25. The molecule has 4 rings (SSSR count). The van der Waals surface area contributed by atoms with Crippen molar-refractivity contribution in [1.82, 2.24) is 4.98 Å². The highest BCUT2D eigenvalue weighted by Crippen LogP contribution is 2.37. The number of aryl methyl sites for hydroxylation is 1. The molecule has 1 N–H and O–H groups in total. The fourth-order valence-corrected chi connectivity index (χ4v) is 4.59. The van der Waals surface area contributed by atoms with Gasteiger partial charge in [0.1, 0.15) is 11.5 Å². The van der Waals surface area contributed by atoms with Gasteiger partial charge < -0.3 is 14.2 Å². The van der Waals surface area contributed by atoms with Crippen LogP contribution in [-0.4, -0.2) is 27.6 Å². The van der Waals surface area contributed by atoms with E-state index in [-0.39, 0.29) is 16.3 Å². The summed E-state index contributed by atoms with van der Waals surface area (Å²) < 4.78 is 58.9. The zero-order chi connectivity index (χ0) is 24.5. The molecule has 0 saturated heterocycles. The quantitative estimate of drug-likeness (QED) is 0.336. The van der Waals surface area contributed by atoms with E-state index in [1.54, 1.807) is 37.4 Å². The number of rotatable bonds is 7. The van der Waals surface area contributed by atoms with Crippen molar-refractivity contribution in [1.29, 1.82) is 0 Å². The van der Waals surface area contributed by atoms with Gasteiger partial charge >= 0.3 is 0 Å². The number of fused-ring (bicyclic) bond motifs is 1. The van der Waals surface area contributed by atoms with Crippen molar-refractivity contribution in [2.24, 2.45) is 0 Å². The van der Waals surface area contributed by atoms with Crippen molar-refractivity contribution >= 4 is 38.2 Å². The van der Waals surface area contributed by atoms with E-state index in [0.717, 1.165) is 11.6 Å². The first kappa shape index (κ1) is 23.6. The minimum Gasteiger partial charge on any atom is -0.493 e. The SMILES string of the molecule is COc1cc2nccc(Oc3ccc(NS(=O)(=O)c4ccc(C)c(Cl)c4)c(F)c3)c2cc1OC. The molecule has 0 amide bonds. The normalized spacial score (nSPS) is 11.3. The molecule has 0 aliphatic heterocycles. The first-order chi connectivity index (χ1) is 16.2. The highest BCUT2D eigenvalue weighted by Gasteiger charge is 2.18. The molecule has 1 heterocycles. The Morgan fingerprint density at radius 3 is 2.35 bits per heavy atom. The molecule has 0 saturated carbocycles. The third-order valence-corrected chi connectivity index (χ3v) is 6.84. The van der Waals surface area contributed by atoms with E-state index in [1.165, 1.54) is 38.5 Å². The summed E-state index contributed by atoms with van der Waals surface area (Å²) in [5, 5.41) is 0.924. The van der Waals surface area contributed by atoms with Gasteiger partial charge in [0, 0.05) is 28.7 Å². The zero-order valence-electron chi connectivity index (χ0n) is 18.4. The predicted octanol–water partition coefficient (Wildman–Crippen LogP) is 5.95. The van der Waals surface area contributed by atoms with E-state index < -0.39 is 15.8 Å². The van der Waals surface area contributed by atoms with E-state index in [9.17, 15) is 12.8 Å². The van der Waals surface area contributed by atoms with Crippen LogP contribution in [0.3, 0.4) is 0 Å². The fraction of sp³-hybridized carbons (Fsp3) is 0.125. The molecule has 0 aliphatic carbocycles. The van der Waals surface area contributed by atoms with Crippen molar-refractivity contribution < 1.29 is 27.0 Å². The van der Waals surface area contributed by atoms with Gasteiger partial charge in [-0.2, -0.15) is 0 Å². The zero-order valence-corrected chi connectivity index (χ0v) is 20.0. The summed E-state index contributed by atoms with van der Waals surface area (Å²) in [6.07, 6.45) is 1.55. The minimum atomic E-state index is -4.04. The van der Waals surface area contributed by atoms with Crippen LogP contribution < -0.4 is 18.9 Å². The number of nitrogens with one attached hydrogen (secondary N) is 1. The number of hydrogen-bond donors (Lipinski definition) is 1. The maximum atomic E-state index is 14.8. The van der Waals surface area contributed by atoms with E-state index in [4.69, 9.17) is 25.8 Å². The van der Waals surface area contributed by atoms with Crippen LogP contribution in [0.4, 0.5) is 10.1 Å². The number of sulfonamides is 1. The molecular formula is C24H20ClFN2O5S. The summed E-state index contributed by atoms with van der Waals surface area (Å²) in [5.41, 5.74) is 1.10. The average Bonchev–Trinajstić information content (AvgIpc) is 2.81. The van der Waals surface area contributed by atoms with Crippen LogP contribution in [0.25, 0.3) is 10.9 Å². The molecule has 7 nitrogen and oxygen atoms in total. The lowest BCUT2D eigenvalue weighted by atomic mass is 10.2. The molecule has 10 heteroatoms. The van der Waals surface area contributed by atoms with E-state index >= 15 is 0 Å². The Kier molecular flexibility index (Phi) is 6.49. The number of benzene rings is 3. The van der Waals surface area contributed by atoms with Crippen LogP contribution >= 0.6 is 11.6 Å². The van der Waals surface area contributed by atoms with Crippen molar-refractivity contribution in [2.45, 2.75) is 11.8 Å². The van der Waals surface area contributed by atoms with Gasteiger partial charge in [0.2, 0.25) is 0 Å². The van der Waals surface area contributed by atoms with E-state index in [1.807, 2.05) is 0 Å². The molecule has 1 aromatic heterocycles. The summed E-state index contributed by atoms with van der Waals surface area (Å²) >= 11 is 6.03. The molecule has 0 unspecified atom stereocenters. The maximum absolute atomic E-state index is 14.8. The Balaban J connectivity index is 1.62. The smallest absolute Gasteiger partial charge is 0.262 e. The van der Waals surface area contributed by atoms with Gasteiger partial charge in [-0.05, 0) is 48.9 Å². The maximum Gasteiger partial charge on any atom is 0.262 e. The lowest BCUT2D eigenvalue weighted by Crippen LogP contribution is -2.14. The molecular weight excluding hydrogens is 483 g/mol. The van der Waals surface area contributed by atoms with Crippen molar-refractivity contribution in [3.05, 3.63) is 77.2 Å². The largest absolute Gasteiger partial charge is 0.493 e. The highest BCUT2D eigenvalue weighted by atomic mass is 35.5. The van der Waals surface area contributed by atoms with Gasteiger partial charge in [-0.1, -0.05) is 17.7 Å². The first-order valence-corrected chi connectivity index (χ1v) is 11.8. The van der Waals surface area contributed by atoms with Gasteiger partial charge in [-0.3, -0.25) is 9.71 Å². The number of pyridine rings is 1. The number of methoxy groups -OCH3 is 2. The number of nitrogens with zero attached hydrogens (tertiary/aromatic N) is 1. The third kappa shape index (κ3) is 4.71. The lowest BCUT2D eigenvalue weighted by molar-refractivity contribution is 0.355. The van der Waals surface area contributed by atoms with Gasteiger partial charge in [0.25, 0.3) is 10.0 Å². The number of ether oxygens (including phenoxy) is 3. The summed E-state index contributed by atoms with van der Waals surface area (Å²) in [5.74, 6) is 0.767. The van der Waals surface area contributed by atoms with Crippen LogP contribution in [0.5, 0.6) is 23.0 Å². The summed E-state index contributed by atoms with van der Waals surface area (Å²) in [6.45, 7) is 1.75. The monoisotopic (exact) mass is 502 g/mol. The molecule has 0 bridgehead atoms. The summed E-state index contributed by atoms with van der Waals surface area (Å²) in [7, 11) is -1.00. The van der Waals surface area contributed by atoms with Gasteiger partial charge in [-0.25, -0.2) is 12.8 Å². The molecule has 0 aliphatic rings. The number of anilines is 1. The topological polar surface area (TPSA) is 86.8 Å². The van der Waals surface area contributed by atoms with Crippen LogP contribution in [0, 0.1) is 12.7 Å². The van der Waals surface area contributed by atoms with E-state index in [0.29, 0.717) is 33.2 Å². The number of hydrogen-bond acceptors (Lipinski definition) is 6. The Morgan fingerprint density at radius 1 is 0.941 bits per heavy atom. The first-order valence-electron chi connectivity index (χ1n) is 9.99. The second-order valence-corrected chi connectivity index (χ2v) is 9.38. The molecule has 34 heavy (non-hydrogen) atoms. The Morgan fingerprint density at radius 2 is 1.68 bits per heavy atom. The Bertz CT molecular complexity index is 1490. The minimum absolute atomic E-state index is 0.0737. The van der Waals surface area contributed by atoms with Crippen molar-refractivity contribution in [2.75, 3.05) is 18.9 Å². The molecule has 0 atom stereocenters. The average molecular weight is 503 g/mol. The van der Waals surface area contributed by atoms with Crippen LogP contribution in [0.2, 0.25) is 5.02 Å². The molecule has 3 aromatic carbocycles. The van der Waals surface area contributed by atoms with Gasteiger partial charge in [-0.15, -0.1) is 0 Å². The third-order valence-electron chi connectivity index (χ3n) is 5.07. The van der Waals surface area contributed by atoms with Gasteiger partial charge in [0.05, 0.1) is 30.3 Å². The second kappa shape index (κ2) is 9.36. The van der Waals surface area contributed by atoms with Crippen molar-refractivity contribution in [3.63, 3.8) is 0 Å². The predicted molar refractivity (Wildman–Crippen MR) is 128 cm³/mol. The lowest BCUT2D eigenvalue weighted by Gasteiger charge is -2.13. The van der Waals surface area contributed by atoms with Gasteiger partial charge in [0.15, 0.2) is 17.3 Å². The molecule has 0 spiro atoms. The van der Waals surface area contributed by atoms with Crippen LogP contribution in [0.15, 0.2) is 65.7 Å². The Hall–Kier alpha value is -3.56. The molecule has 4 aromatic rings. The van der Waals surface area contributed by atoms with Crippen LogP contribution in [0.1, 0.15) is 5.56 Å². The summed E-state index contributed by atoms with van der Waals surface area (Å²) in [6, 6.07) is 13.2.